The van der Waals surface area contributed by atoms with E-state index in [1.165, 1.54) is 22.5 Å². The fourth-order valence-corrected chi connectivity index (χ4v) is 4.45. The number of fused-ring (bicyclic) bond motifs is 1. The third-order valence-electron chi connectivity index (χ3n) is 6.22. The normalized spacial score (nSPS) is 13.8. The molecule has 7 heteroatoms. The van der Waals surface area contributed by atoms with Gasteiger partial charge in [-0.15, -0.1) is 0 Å². The SMILES string of the molecule is Cc1cc(CN2CCc3nc(-c4cccnc4)[nH]c(=O)c3C2)c(C)n1Cc1cccnc1. The number of aryl methyl sites for hydroxylation is 1. The molecule has 0 atom stereocenters. The number of nitrogens with one attached hydrogen (secondary N) is 1. The van der Waals surface area contributed by atoms with Crippen molar-refractivity contribution >= 4 is 0 Å². The molecule has 0 amide bonds. The molecule has 0 aromatic carbocycles. The van der Waals surface area contributed by atoms with Crippen molar-refractivity contribution in [1.29, 1.82) is 0 Å². The van der Waals surface area contributed by atoms with Crippen LogP contribution in [0.2, 0.25) is 0 Å². The van der Waals surface area contributed by atoms with Gasteiger partial charge in [0.2, 0.25) is 0 Å². The third-order valence-corrected chi connectivity index (χ3v) is 6.22. The number of pyridine rings is 2. The Morgan fingerprint density at radius 2 is 1.88 bits per heavy atom. The molecule has 4 aromatic rings. The van der Waals surface area contributed by atoms with Gasteiger partial charge >= 0.3 is 0 Å². The Hall–Kier alpha value is -3.58. The van der Waals surface area contributed by atoms with Gasteiger partial charge in [0.25, 0.3) is 5.56 Å². The Bertz CT molecular complexity index is 1290. The molecule has 0 aliphatic carbocycles. The maximum absolute atomic E-state index is 12.8. The molecule has 0 spiro atoms. The molecule has 5 rings (SSSR count). The van der Waals surface area contributed by atoms with Gasteiger partial charge in [0, 0.05) is 74.3 Å². The zero-order valence-electron chi connectivity index (χ0n) is 18.4. The summed E-state index contributed by atoms with van der Waals surface area (Å²) in [7, 11) is 0. The van der Waals surface area contributed by atoms with Crippen LogP contribution >= 0.6 is 0 Å². The first-order chi connectivity index (χ1) is 15.6. The van der Waals surface area contributed by atoms with Crippen LogP contribution in [-0.4, -0.2) is 35.9 Å². The summed E-state index contributed by atoms with van der Waals surface area (Å²) in [5.74, 6) is 0.592. The molecule has 4 aromatic heterocycles. The summed E-state index contributed by atoms with van der Waals surface area (Å²) in [6.07, 6.45) is 7.92. The van der Waals surface area contributed by atoms with Crippen LogP contribution in [0.3, 0.4) is 0 Å². The summed E-state index contributed by atoms with van der Waals surface area (Å²) in [6, 6.07) is 10.1. The van der Waals surface area contributed by atoms with Gasteiger partial charge in [-0.25, -0.2) is 4.98 Å². The lowest BCUT2D eigenvalue weighted by Gasteiger charge is -2.27. The summed E-state index contributed by atoms with van der Waals surface area (Å²) in [6.45, 7) is 7.43. The quantitative estimate of drug-likeness (QED) is 0.530. The summed E-state index contributed by atoms with van der Waals surface area (Å²) >= 11 is 0. The molecule has 1 aliphatic rings. The number of nitrogens with zero attached hydrogens (tertiary/aromatic N) is 5. The highest BCUT2D eigenvalue weighted by molar-refractivity contribution is 5.53. The van der Waals surface area contributed by atoms with Crippen LogP contribution < -0.4 is 5.56 Å². The summed E-state index contributed by atoms with van der Waals surface area (Å²) in [4.78, 5) is 31.2. The summed E-state index contributed by atoms with van der Waals surface area (Å²) in [5, 5.41) is 0. The molecular formula is C25H26N6O. The van der Waals surface area contributed by atoms with Gasteiger partial charge in [-0.05, 0) is 49.2 Å². The predicted octanol–water partition coefficient (Wildman–Crippen LogP) is 3.25. The second kappa shape index (κ2) is 8.51. The van der Waals surface area contributed by atoms with Crippen LogP contribution in [0.25, 0.3) is 11.4 Å². The molecular weight excluding hydrogens is 400 g/mol. The minimum absolute atomic E-state index is 0.0550. The average Bonchev–Trinajstić information content (AvgIpc) is 3.08. The van der Waals surface area contributed by atoms with E-state index in [1.807, 2.05) is 24.4 Å². The van der Waals surface area contributed by atoms with Crippen molar-refractivity contribution in [2.45, 2.75) is 39.9 Å². The predicted molar refractivity (Wildman–Crippen MR) is 123 cm³/mol. The fourth-order valence-electron chi connectivity index (χ4n) is 4.45. The van der Waals surface area contributed by atoms with E-state index in [2.05, 4.69) is 50.4 Å². The number of hydrogen-bond donors (Lipinski definition) is 1. The van der Waals surface area contributed by atoms with Crippen molar-refractivity contribution in [2.75, 3.05) is 6.54 Å². The minimum atomic E-state index is -0.0550. The molecule has 0 radical (unpaired) electrons. The Morgan fingerprint density at radius 3 is 2.62 bits per heavy atom. The molecule has 0 fully saturated rings. The highest BCUT2D eigenvalue weighted by Gasteiger charge is 2.23. The highest BCUT2D eigenvalue weighted by Crippen LogP contribution is 2.23. The zero-order chi connectivity index (χ0) is 22.1. The minimum Gasteiger partial charge on any atom is -0.344 e. The van der Waals surface area contributed by atoms with Gasteiger partial charge in [-0.3, -0.25) is 19.7 Å². The fraction of sp³-hybridized carbons (Fsp3) is 0.280. The molecule has 0 unspecified atom stereocenters. The molecule has 7 nitrogen and oxygen atoms in total. The lowest BCUT2D eigenvalue weighted by Crippen LogP contribution is -2.35. The molecule has 0 saturated heterocycles. The van der Waals surface area contributed by atoms with Crippen LogP contribution in [0, 0.1) is 13.8 Å². The van der Waals surface area contributed by atoms with Gasteiger partial charge in [-0.2, -0.15) is 0 Å². The molecule has 0 bridgehead atoms. The van der Waals surface area contributed by atoms with Crippen LogP contribution in [0.4, 0.5) is 0 Å². The molecule has 1 N–H and O–H groups in total. The lowest BCUT2D eigenvalue weighted by molar-refractivity contribution is 0.241. The molecule has 5 heterocycles. The monoisotopic (exact) mass is 426 g/mol. The van der Waals surface area contributed by atoms with Crippen LogP contribution in [0.15, 0.2) is 59.9 Å². The van der Waals surface area contributed by atoms with Gasteiger partial charge in [0.05, 0.1) is 11.3 Å². The molecule has 1 aliphatic heterocycles. The van der Waals surface area contributed by atoms with Crippen LogP contribution in [0.5, 0.6) is 0 Å². The Labute approximate surface area is 186 Å². The smallest absolute Gasteiger partial charge is 0.255 e. The highest BCUT2D eigenvalue weighted by atomic mass is 16.1. The van der Waals surface area contributed by atoms with Gasteiger partial charge < -0.3 is 9.55 Å². The van der Waals surface area contributed by atoms with E-state index < -0.39 is 0 Å². The molecule has 32 heavy (non-hydrogen) atoms. The van der Waals surface area contributed by atoms with E-state index in [0.29, 0.717) is 12.4 Å². The van der Waals surface area contributed by atoms with E-state index in [9.17, 15) is 4.79 Å². The Kier molecular flexibility index (Phi) is 5.41. The Balaban J connectivity index is 1.35. The first-order valence-corrected chi connectivity index (χ1v) is 10.9. The maximum atomic E-state index is 12.8. The van der Waals surface area contributed by atoms with Crippen molar-refractivity contribution in [1.82, 2.24) is 29.4 Å². The van der Waals surface area contributed by atoms with Crippen molar-refractivity contribution in [2.24, 2.45) is 0 Å². The van der Waals surface area contributed by atoms with E-state index in [-0.39, 0.29) is 5.56 Å². The first kappa shape index (κ1) is 20.3. The van der Waals surface area contributed by atoms with Crippen molar-refractivity contribution in [3.63, 3.8) is 0 Å². The lowest BCUT2D eigenvalue weighted by atomic mass is 10.1. The Morgan fingerprint density at radius 1 is 1.06 bits per heavy atom. The van der Waals surface area contributed by atoms with Gasteiger partial charge in [-0.1, -0.05) is 6.07 Å². The largest absolute Gasteiger partial charge is 0.344 e. The number of hydrogen-bond acceptors (Lipinski definition) is 5. The number of rotatable bonds is 5. The average molecular weight is 427 g/mol. The van der Waals surface area contributed by atoms with Gasteiger partial charge in [0.15, 0.2) is 0 Å². The van der Waals surface area contributed by atoms with E-state index in [0.717, 1.165) is 42.9 Å². The second-order valence-electron chi connectivity index (χ2n) is 8.39. The van der Waals surface area contributed by atoms with Crippen LogP contribution in [-0.2, 0) is 26.1 Å². The number of aromatic nitrogens is 5. The number of aromatic amines is 1. The van der Waals surface area contributed by atoms with Crippen molar-refractivity contribution < 1.29 is 0 Å². The van der Waals surface area contributed by atoms with E-state index >= 15 is 0 Å². The molecule has 162 valence electrons. The number of H-pyrrole nitrogens is 1. The van der Waals surface area contributed by atoms with Crippen molar-refractivity contribution in [3.05, 3.63) is 99.2 Å². The maximum Gasteiger partial charge on any atom is 0.255 e. The van der Waals surface area contributed by atoms with E-state index in [1.54, 1.807) is 18.6 Å². The topological polar surface area (TPSA) is 79.7 Å². The standard InChI is InChI=1S/C25H26N6O/c1-17-11-21(18(2)31(17)14-19-5-3-8-26-12-19)15-30-10-7-23-22(16-30)25(32)29-24(28-23)20-6-4-9-27-13-20/h3-6,8-9,11-13H,7,10,14-16H2,1-2H3,(H,28,29,32). The molecule has 0 saturated carbocycles. The van der Waals surface area contributed by atoms with Crippen molar-refractivity contribution in [3.8, 4) is 11.4 Å². The van der Waals surface area contributed by atoms with E-state index in [4.69, 9.17) is 4.98 Å². The zero-order valence-corrected chi connectivity index (χ0v) is 18.4. The second-order valence-corrected chi connectivity index (χ2v) is 8.39. The summed E-state index contributed by atoms with van der Waals surface area (Å²) < 4.78 is 2.33. The van der Waals surface area contributed by atoms with Crippen LogP contribution in [0.1, 0.15) is 33.8 Å². The first-order valence-electron chi connectivity index (χ1n) is 10.9. The van der Waals surface area contributed by atoms with Gasteiger partial charge in [0.1, 0.15) is 5.82 Å². The summed E-state index contributed by atoms with van der Waals surface area (Å²) in [5.41, 5.74) is 7.42. The third kappa shape index (κ3) is 3.99.